The number of anilines is 1. The molecule has 3 rings (SSSR count). The number of carbonyl (C=O) groups is 2. The molecule has 0 spiro atoms. The Labute approximate surface area is 181 Å². The molecule has 2 N–H and O–H groups in total. The van der Waals surface area contributed by atoms with E-state index in [1.165, 1.54) is 29.8 Å². The molecule has 0 unspecified atom stereocenters. The number of benzene rings is 1. The maximum Gasteiger partial charge on any atom is 0.414 e. The van der Waals surface area contributed by atoms with Crippen molar-refractivity contribution >= 4 is 23.4 Å². The second-order valence-corrected chi connectivity index (χ2v) is 7.04. The lowest BCUT2D eigenvalue weighted by molar-refractivity contribution is -0.384. The molecular formula is C19H23N5O8. The number of non-ortho nitro benzene ring substituents is 1. The molecule has 0 amide bonds. The Balaban J connectivity index is 0.000000534. The predicted molar refractivity (Wildman–Crippen MR) is 113 cm³/mol. The number of rotatable bonds is 4. The molecule has 2 heterocycles. The molecular weight excluding hydrogens is 426 g/mol. The molecule has 13 heteroatoms. The van der Waals surface area contributed by atoms with Crippen molar-refractivity contribution in [2.45, 2.75) is 6.54 Å². The summed E-state index contributed by atoms with van der Waals surface area (Å²) < 4.78 is 2.59. The first-order chi connectivity index (χ1) is 15.0. The Morgan fingerprint density at radius 1 is 0.969 bits per heavy atom. The number of carboxylic acids is 2. The minimum Gasteiger partial charge on any atom is -0.473 e. The average molecular weight is 449 g/mol. The van der Waals surface area contributed by atoms with E-state index in [4.69, 9.17) is 19.8 Å². The van der Waals surface area contributed by atoms with Crippen molar-refractivity contribution in [2.75, 3.05) is 31.1 Å². The topological polar surface area (TPSA) is 168 Å². The maximum atomic E-state index is 12.1. The van der Waals surface area contributed by atoms with Gasteiger partial charge in [-0.3, -0.25) is 28.9 Å². The fraction of sp³-hybridized carbons (Fsp3) is 0.368. The van der Waals surface area contributed by atoms with Crippen LogP contribution in [0.3, 0.4) is 0 Å². The van der Waals surface area contributed by atoms with E-state index in [-0.39, 0.29) is 16.9 Å². The number of carboxylic acid groups (broad SMARTS) is 2. The first kappa shape index (κ1) is 24.3. The lowest BCUT2D eigenvalue weighted by Crippen LogP contribution is -2.49. The van der Waals surface area contributed by atoms with Crippen LogP contribution < -0.4 is 16.1 Å². The third kappa shape index (κ3) is 6.01. The zero-order valence-corrected chi connectivity index (χ0v) is 17.5. The third-order valence-corrected chi connectivity index (χ3v) is 4.93. The van der Waals surface area contributed by atoms with Gasteiger partial charge >= 0.3 is 17.6 Å². The van der Waals surface area contributed by atoms with E-state index in [0.717, 1.165) is 23.2 Å². The summed E-state index contributed by atoms with van der Waals surface area (Å²) >= 11 is 0. The van der Waals surface area contributed by atoms with Gasteiger partial charge in [-0.25, -0.2) is 14.4 Å². The number of hydrogen-bond donors (Lipinski definition) is 2. The molecule has 0 atom stereocenters. The Morgan fingerprint density at radius 3 is 1.97 bits per heavy atom. The molecule has 13 nitrogen and oxygen atoms in total. The summed E-state index contributed by atoms with van der Waals surface area (Å²) in [6.07, 6.45) is 0. The van der Waals surface area contributed by atoms with Crippen molar-refractivity contribution in [1.29, 1.82) is 0 Å². The number of nitro groups is 1. The van der Waals surface area contributed by atoms with Crippen molar-refractivity contribution in [1.82, 2.24) is 14.0 Å². The summed E-state index contributed by atoms with van der Waals surface area (Å²) in [5, 5.41) is 25.5. The second kappa shape index (κ2) is 10.3. The SMILES string of the molecule is Cn1c(N2CCN(Cc3ccc([N+](=O)[O-])cc3)CC2)cc(=O)n(C)c1=O.O=C(O)C(=O)O. The van der Waals surface area contributed by atoms with Crippen LogP contribution in [0.15, 0.2) is 39.9 Å². The van der Waals surface area contributed by atoms with Crippen LogP contribution in [0.2, 0.25) is 0 Å². The average Bonchev–Trinajstić information content (AvgIpc) is 2.76. The molecule has 1 aliphatic rings. The van der Waals surface area contributed by atoms with Crippen LogP contribution in [0, 0.1) is 10.1 Å². The summed E-state index contributed by atoms with van der Waals surface area (Å²) in [6.45, 7) is 3.67. The minimum atomic E-state index is -1.82. The highest BCUT2D eigenvalue weighted by Crippen LogP contribution is 2.16. The van der Waals surface area contributed by atoms with Crippen LogP contribution in [0.4, 0.5) is 11.5 Å². The summed E-state index contributed by atoms with van der Waals surface area (Å²) in [4.78, 5) is 56.8. The van der Waals surface area contributed by atoms with Gasteiger partial charge in [0, 0.05) is 65.0 Å². The van der Waals surface area contributed by atoms with E-state index in [9.17, 15) is 19.7 Å². The highest BCUT2D eigenvalue weighted by Gasteiger charge is 2.20. The number of aliphatic carboxylic acids is 2. The van der Waals surface area contributed by atoms with E-state index in [1.807, 2.05) is 4.90 Å². The van der Waals surface area contributed by atoms with Gasteiger partial charge in [-0.15, -0.1) is 0 Å². The molecule has 2 aromatic rings. The number of aromatic nitrogens is 2. The predicted octanol–water partition coefficient (Wildman–Crippen LogP) is -0.530. The summed E-state index contributed by atoms with van der Waals surface area (Å²) in [5.74, 6) is -3.02. The molecule has 0 radical (unpaired) electrons. The van der Waals surface area contributed by atoms with E-state index < -0.39 is 16.9 Å². The molecule has 1 fully saturated rings. The molecule has 0 saturated carbocycles. The first-order valence-corrected chi connectivity index (χ1v) is 9.45. The fourth-order valence-corrected chi connectivity index (χ4v) is 3.14. The zero-order chi connectivity index (χ0) is 24.0. The van der Waals surface area contributed by atoms with Gasteiger partial charge in [0.2, 0.25) is 0 Å². The van der Waals surface area contributed by atoms with Crippen LogP contribution in [-0.4, -0.2) is 67.3 Å². The molecule has 1 aliphatic heterocycles. The van der Waals surface area contributed by atoms with E-state index in [0.29, 0.717) is 25.5 Å². The highest BCUT2D eigenvalue weighted by molar-refractivity contribution is 6.27. The second-order valence-electron chi connectivity index (χ2n) is 7.04. The Morgan fingerprint density at radius 2 is 1.50 bits per heavy atom. The number of hydrogen-bond acceptors (Lipinski definition) is 8. The van der Waals surface area contributed by atoms with Crippen LogP contribution >= 0.6 is 0 Å². The van der Waals surface area contributed by atoms with Gasteiger partial charge in [0.05, 0.1) is 4.92 Å². The lowest BCUT2D eigenvalue weighted by atomic mass is 10.2. The van der Waals surface area contributed by atoms with Gasteiger partial charge in [-0.05, 0) is 5.56 Å². The Kier molecular flexibility index (Phi) is 7.85. The van der Waals surface area contributed by atoms with Gasteiger partial charge in [-0.1, -0.05) is 12.1 Å². The summed E-state index contributed by atoms with van der Waals surface area (Å²) in [6, 6.07) is 8.07. The van der Waals surface area contributed by atoms with Gasteiger partial charge < -0.3 is 15.1 Å². The fourth-order valence-electron chi connectivity index (χ4n) is 3.14. The van der Waals surface area contributed by atoms with Crippen molar-refractivity contribution in [2.24, 2.45) is 14.1 Å². The van der Waals surface area contributed by atoms with Crippen molar-refractivity contribution < 1.29 is 24.7 Å². The van der Waals surface area contributed by atoms with Crippen LogP contribution in [0.1, 0.15) is 5.56 Å². The number of nitro benzene ring substituents is 1. The molecule has 0 aliphatic carbocycles. The van der Waals surface area contributed by atoms with Gasteiger partial charge in [-0.2, -0.15) is 0 Å². The molecule has 1 aromatic carbocycles. The maximum absolute atomic E-state index is 12.1. The smallest absolute Gasteiger partial charge is 0.414 e. The molecule has 32 heavy (non-hydrogen) atoms. The standard InChI is InChI=1S/C17H21N5O4.C2H2O4/c1-18-15(11-16(23)19(2)17(18)24)21-9-7-20(8-10-21)12-13-3-5-14(6-4-13)22(25)26;3-1(4)2(5)6/h3-6,11H,7-10,12H2,1-2H3;(H,3,4)(H,5,6). The van der Waals surface area contributed by atoms with Crippen LogP contribution in [0.5, 0.6) is 0 Å². The zero-order valence-electron chi connectivity index (χ0n) is 17.5. The van der Waals surface area contributed by atoms with Gasteiger partial charge in [0.1, 0.15) is 5.82 Å². The quantitative estimate of drug-likeness (QED) is 0.352. The largest absolute Gasteiger partial charge is 0.473 e. The van der Waals surface area contributed by atoms with Crippen molar-refractivity contribution in [3.63, 3.8) is 0 Å². The normalized spacial score (nSPS) is 13.8. The molecule has 172 valence electrons. The van der Waals surface area contributed by atoms with E-state index >= 15 is 0 Å². The molecule has 1 aromatic heterocycles. The van der Waals surface area contributed by atoms with Crippen LogP contribution in [0.25, 0.3) is 0 Å². The highest BCUT2D eigenvalue weighted by atomic mass is 16.6. The van der Waals surface area contributed by atoms with Crippen molar-refractivity contribution in [3.05, 3.63) is 66.8 Å². The molecule has 0 bridgehead atoms. The number of nitrogens with zero attached hydrogens (tertiary/aromatic N) is 5. The van der Waals surface area contributed by atoms with Gasteiger partial charge in [0.25, 0.3) is 11.2 Å². The van der Waals surface area contributed by atoms with Gasteiger partial charge in [0.15, 0.2) is 0 Å². The Hall–Kier alpha value is -4.00. The lowest BCUT2D eigenvalue weighted by Gasteiger charge is -2.36. The minimum absolute atomic E-state index is 0.0881. The molecule has 1 saturated heterocycles. The summed E-state index contributed by atoms with van der Waals surface area (Å²) in [7, 11) is 3.14. The third-order valence-electron chi connectivity index (χ3n) is 4.93. The monoisotopic (exact) mass is 449 g/mol. The first-order valence-electron chi connectivity index (χ1n) is 9.45. The Bertz CT molecular complexity index is 1100. The van der Waals surface area contributed by atoms with E-state index in [1.54, 1.807) is 19.2 Å². The van der Waals surface area contributed by atoms with Crippen molar-refractivity contribution in [3.8, 4) is 0 Å². The van der Waals surface area contributed by atoms with E-state index in [2.05, 4.69) is 4.90 Å². The van der Waals surface area contributed by atoms with Crippen LogP contribution in [-0.2, 0) is 30.2 Å². The number of piperazine rings is 1. The summed E-state index contributed by atoms with van der Waals surface area (Å²) in [5.41, 5.74) is 0.465.